The van der Waals surface area contributed by atoms with Gasteiger partial charge < -0.3 is 15.0 Å². The molecule has 5 rings (SSSR count). The molecule has 15 heteroatoms. The molecule has 3 heterocycles. The Labute approximate surface area is 220 Å². The topological polar surface area (TPSA) is 141 Å². The van der Waals surface area contributed by atoms with Crippen LogP contribution >= 0.6 is 0 Å². The van der Waals surface area contributed by atoms with Crippen molar-refractivity contribution in [1.29, 1.82) is 0 Å². The lowest BCUT2D eigenvalue weighted by Crippen LogP contribution is -2.38. The van der Waals surface area contributed by atoms with Gasteiger partial charge >= 0.3 is 11.9 Å². The van der Waals surface area contributed by atoms with Crippen LogP contribution in [0.1, 0.15) is 36.9 Å². The second-order valence-electron chi connectivity index (χ2n) is 9.94. The number of pyridine rings is 1. The van der Waals surface area contributed by atoms with E-state index in [1.165, 1.54) is 20.2 Å². The summed E-state index contributed by atoms with van der Waals surface area (Å²) < 4.78 is 69.0. The van der Waals surface area contributed by atoms with Crippen LogP contribution in [0.25, 0.3) is 11.2 Å². The Bertz CT molecular complexity index is 1760. The van der Waals surface area contributed by atoms with Crippen molar-refractivity contribution in [2.24, 2.45) is 25.9 Å². The molecule has 2 aliphatic rings. The first-order chi connectivity index (χ1) is 18.3. The molecule has 0 bridgehead atoms. The van der Waals surface area contributed by atoms with E-state index in [9.17, 15) is 36.3 Å². The van der Waals surface area contributed by atoms with Gasteiger partial charge in [-0.05, 0) is 43.7 Å². The molecule has 0 amide bonds. The van der Waals surface area contributed by atoms with Crippen LogP contribution in [0, 0.1) is 23.7 Å². The van der Waals surface area contributed by atoms with Crippen molar-refractivity contribution < 1.29 is 26.7 Å². The minimum Gasteiger partial charge on any atom is -0.373 e. The number of hydrogen-bond acceptors (Lipinski definition) is 8. The molecule has 0 aliphatic heterocycles. The SMILES string of the molecule is Cn1c(=O)c2c(nc(S(=O)(=O)CC3CC3)n2C)n(CC#Cc2cc(NC(O)C3CC3)nc(C(F)(F)F)c2)c1=O. The summed E-state index contributed by atoms with van der Waals surface area (Å²) in [5.41, 5.74) is -3.14. The summed E-state index contributed by atoms with van der Waals surface area (Å²) >= 11 is 0. The zero-order valence-corrected chi connectivity index (χ0v) is 21.8. The molecule has 1 atom stereocenters. The highest BCUT2D eigenvalue weighted by molar-refractivity contribution is 7.91. The van der Waals surface area contributed by atoms with Gasteiger partial charge in [-0.3, -0.25) is 13.9 Å². The maximum atomic E-state index is 13.4. The second-order valence-corrected chi connectivity index (χ2v) is 11.9. The molecule has 0 aromatic carbocycles. The number of halogens is 3. The fourth-order valence-corrected chi connectivity index (χ4v) is 6.06. The number of nitrogens with zero attached hydrogens (tertiary/aromatic N) is 5. The van der Waals surface area contributed by atoms with Gasteiger partial charge in [-0.15, -0.1) is 0 Å². The molecule has 2 fully saturated rings. The number of anilines is 1. The van der Waals surface area contributed by atoms with Crippen LogP contribution in [-0.2, 0) is 36.7 Å². The van der Waals surface area contributed by atoms with Crippen LogP contribution in [0.3, 0.4) is 0 Å². The van der Waals surface area contributed by atoms with Gasteiger partial charge in [0.2, 0.25) is 15.0 Å². The highest BCUT2D eigenvalue weighted by Crippen LogP contribution is 2.34. The zero-order valence-electron chi connectivity index (χ0n) is 21.0. The van der Waals surface area contributed by atoms with Gasteiger partial charge in [-0.2, -0.15) is 18.2 Å². The predicted molar refractivity (Wildman–Crippen MR) is 133 cm³/mol. The molecule has 2 saturated carbocycles. The summed E-state index contributed by atoms with van der Waals surface area (Å²) in [7, 11) is -1.24. The van der Waals surface area contributed by atoms with Gasteiger partial charge in [0.1, 0.15) is 17.7 Å². The Hall–Kier alpha value is -3.64. The monoisotopic (exact) mass is 566 g/mol. The lowest BCUT2D eigenvalue weighted by molar-refractivity contribution is -0.141. The molecule has 2 N–H and O–H groups in total. The minimum absolute atomic E-state index is 0.0254. The largest absolute Gasteiger partial charge is 0.433 e. The van der Waals surface area contributed by atoms with Gasteiger partial charge in [-0.1, -0.05) is 11.8 Å². The summed E-state index contributed by atoms with van der Waals surface area (Å²) in [5, 5.41) is 12.3. The summed E-state index contributed by atoms with van der Waals surface area (Å²) in [6.07, 6.45) is -2.75. The lowest BCUT2D eigenvalue weighted by atomic mass is 10.2. The van der Waals surface area contributed by atoms with E-state index in [1.54, 1.807) is 0 Å². The predicted octanol–water partition coefficient (Wildman–Crippen LogP) is 1.22. The van der Waals surface area contributed by atoms with E-state index in [2.05, 4.69) is 27.1 Å². The van der Waals surface area contributed by atoms with Crippen molar-refractivity contribution in [1.82, 2.24) is 23.7 Å². The number of rotatable bonds is 7. The highest BCUT2D eigenvalue weighted by Gasteiger charge is 2.35. The van der Waals surface area contributed by atoms with E-state index in [0.29, 0.717) is 0 Å². The first kappa shape index (κ1) is 26.9. The van der Waals surface area contributed by atoms with Crippen LogP contribution in [0.4, 0.5) is 19.0 Å². The van der Waals surface area contributed by atoms with Crippen LogP contribution in [0.2, 0.25) is 0 Å². The van der Waals surface area contributed by atoms with Crippen LogP contribution in [0.5, 0.6) is 0 Å². The Balaban J connectivity index is 1.53. The number of aliphatic hydroxyl groups is 1. The van der Waals surface area contributed by atoms with Crippen molar-refractivity contribution in [3.63, 3.8) is 0 Å². The molecule has 0 radical (unpaired) electrons. The Morgan fingerprint density at radius 1 is 1.13 bits per heavy atom. The fraction of sp³-hybridized carbons (Fsp3) is 0.500. The molecule has 208 valence electrons. The average Bonchev–Trinajstić information content (AvgIpc) is 3.78. The summed E-state index contributed by atoms with van der Waals surface area (Å²) in [4.78, 5) is 33.4. The molecule has 1 unspecified atom stereocenters. The van der Waals surface area contributed by atoms with Crippen molar-refractivity contribution in [3.05, 3.63) is 44.2 Å². The molecule has 0 saturated heterocycles. The quantitative estimate of drug-likeness (QED) is 0.321. The molecule has 3 aromatic heterocycles. The van der Waals surface area contributed by atoms with E-state index < -0.39 is 39.2 Å². The zero-order chi connectivity index (χ0) is 28.3. The number of alkyl halides is 3. The number of aromatic nitrogens is 5. The number of imidazole rings is 1. The molecular formula is C24H25F3N6O5S. The molecule has 11 nitrogen and oxygen atoms in total. The smallest absolute Gasteiger partial charge is 0.373 e. The van der Waals surface area contributed by atoms with E-state index in [1.807, 2.05) is 0 Å². The third kappa shape index (κ3) is 5.44. The minimum atomic E-state index is -4.77. The molecular weight excluding hydrogens is 541 g/mol. The maximum Gasteiger partial charge on any atom is 0.433 e. The van der Waals surface area contributed by atoms with Gasteiger partial charge in [0, 0.05) is 25.6 Å². The van der Waals surface area contributed by atoms with Crippen molar-refractivity contribution in [3.8, 4) is 11.8 Å². The number of aliphatic hydroxyl groups excluding tert-OH is 1. The standard InChI is InChI=1S/C24H25F3N6O5S/c1-31-18-19(30-22(31)39(37,38)12-13-5-6-13)33(23(36)32(2)21(18)35)9-3-4-14-10-16(24(25,26)27)28-17(11-14)29-20(34)15-7-8-15/h10-11,13,15,20,34H,5-9,12H2,1-2H3,(H,28,29). The van der Waals surface area contributed by atoms with E-state index in [-0.39, 0.29) is 51.8 Å². The highest BCUT2D eigenvalue weighted by atomic mass is 32.2. The molecule has 0 spiro atoms. The van der Waals surface area contributed by atoms with Gasteiger partial charge in [0.25, 0.3) is 5.56 Å². The summed E-state index contributed by atoms with van der Waals surface area (Å²) in [6.45, 7) is -0.389. The Morgan fingerprint density at radius 3 is 2.44 bits per heavy atom. The number of sulfone groups is 1. The number of nitrogens with one attached hydrogen (secondary N) is 1. The van der Waals surface area contributed by atoms with Crippen LogP contribution in [0.15, 0.2) is 26.9 Å². The first-order valence-electron chi connectivity index (χ1n) is 12.2. The Morgan fingerprint density at radius 2 is 1.82 bits per heavy atom. The van der Waals surface area contributed by atoms with Crippen molar-refractivity contribution >= 4 is 26.8 Å². The summed E-state index contributed by atoms with van der Waals surface area (Å²) in [6, 6.07) is 1.99. The third-order valence-corrected chi connectivity index (χ3v) is 8.53. The summed E-state index contributed by atoms with van der Waals surface area (Å²) in [5.74, 6) is 4.82. The Kier molecular flexibility index (Phi) is 6.58. The van der Waals surface area contributed by atoms with Crippen LogP contribution < -0.4 is 16.6 Å². The second kappa shape index (κ2) is 9.53. The van der Waals surface area contributed by atoms with Gasteiger partial charge in [0.15, 0.2) is 11.2 Å². The van der Waals surface area contributed by atoms with Crippen molar-refractivity contribution in [2.45, 2.75) is 49.8 Å². The van der Waals surface area contributed by atoms with Crippen molar-refractivity contribution in [2.75, 3.05) is 11.1 Å². The third-order valence-electron chi connectivity index (χ3n) is 6.70. The molecule has 2 aliphatic carbocycles. The van der Waals surface area contributed by atoms with Gasteiger partial charge in [0.05, 0.1) is 12.3 Å². The lowest BCUT2D eigenvalue weighted by Gasteiger charge is -2.14. The molecule has 3 aromatic rings. The number of hydrogen-bond donors (Lipinski definition) is 2. The normalized spacial score (nSPS) is 16.7. The van der Waals surface area contributed by atoms with Gasteiger partial charge in [-0.25, -0.2) is 18.2 Å². The number of aryl methyl sites for hydroxylation is 1. The molecule has 39 heavy (non-hydrogen) atoms. The van der Waals surface area contributed by atoms with E-state index in [4.69, 9.17) is 0 Å². The average molecular weight is 567 g/mol. The fourth-order valence-electron chi connectivity index (χ4n) is 4.22. The maximum absolute atomic E-state index is 13.4. The van der Waals surface area contributed by atoms with E-state index >= 15 is 0 Å². The van der Waals surface area contributed by atoms with Crippen LogP contribution in [-0.4, -0.2) is 49.2 Å². The first-order valence-corrected chi connectivity index (χ1v) is 13.8. The van der Waals surface area contributed by atoms with E-state index in [0.717, 1.165) is 45.5 Å². The number of fused-ring (bicyclic) bond motifs is 1.